The molecule has 0 fully saturated rings. The Morgan fingerprint density at radius 3 is 2.47 bits per heavy atom. The van der Waals surface area contributed by atoms with E-state index < -0.39 is 5.97 Å². The highest BCUT2D eigenvalue weighted by molar-refractivity contribution is 9.10. The van der Waals surface area contributed by atoms with Crippen LogP contribution in [0.5, 0.6) is 5.75 Å². The zero-order valence-corrected chi connectivity index (χ0v) is 12.2. The van der Waals surface area contributed by atoms with Crippen molar-refractivity contribution in [3.8, 4) is 5.75 Å². The van der Waals surface area contributed by atoms with E-state index >= 15 is 0 Å². The van der Waals surface area contributed by atoms with Gasteiger partial charge in [0.2, 0.25) is 0 Å². The first-order chi connectivity index (χ1) is 8.99. The molecular formula is C14H15BrO4. The summed E-state index contributed by atoms with van der Waals surface area (Å²) >= 11 is 3.29. The summed E-state index contributed by atoms with van der Waals surface area (Å²) in [6.07, 6.45) is 0.619. The Labute approximate surface area is 120 Å². The number of carbonyl (C=O) groups excluding carboxylic acids is 2. The van der Waals surface area contributed by atoms with Crippen molar-refractivity contribution in [1.29, 1.82) is 0 Å². The monoisotopic (exact) mass is 326 g/mol. The summed E-state index contributed by atoms with van der Waals surface area (Å²) in [5, 5.41) is 0. The van der Waals surface area contributed by atoms with Crippen LogP contribution in [0.15, 0.2) is 40.9 Å². The summed E-state index contributed by atoms with van der Waals surface area (Å²) in [7, 11) is 0. The maximum Gasteiger partial charge on any atom is 0.333 e. The zero-order valence-electron chi connectivity index (χ0n) is 10.6. The molecule has 19 heavy (non-hydrogen) atoms. The number of benzene rings is 1. The van der Waals surface area contributed by atoms with Crippen LogP contribution in [-0.2, 0) is 14.3 Å². The summed E-state index contributed by atoms with van der Waals surface area (Å²) in [6.45, 7) is 5.22. The average molecular weight is 327 g/mol. The van der Waals surface area contributed by atoms with Gasteiger partial charge in [-0.25, -0.2) is 4.79 Å². The van der Waals surface area contributed by atoms with Gasteiger partial charge in [0.25, 0.3) is 0 Å². The highest BCUT2D eigenvalue weighted by atomic mass is 79.9. The lowest BCUT2D eigenvalue weighted by atomic mass is 10.3. The average Bonchev–Trinajstić information content (AvgIpc) is 2.37. The van der Waals surface area contributed by atoms with Gasteiger partial charge in [0.1, 0.15) is 5.75 Å². The van der Waals surface area contributed by atoms with Gasteiger partial charge in [-0.2, -0.15) is 0 Å². The predicted molar refractivity (Wildman–Crippen MR) is 74.8 cm³/mol. The van der Waals surface area contributed by atoms with Gasteiger partial charge in [-0.15, -0.1) is 0 Å². The third-order valence-corrected chi connectivity index (χ3v) is 2.68. The second-order valence-corrected chi connectivity index (χ2v) is 4.86. The number of carbonyl (C=O) groups is 2. The number of ether oxygens (including phenoxy) is 2. The van der Waals surface area contributed by atoms with Crippen molar-refractivity contribution < 1.29 is 19.1 Å². The molecule has 0 aliphatic carbocycles. The fourth-order valence-electron chi connectivity index (χ4n) is 1.19. The minimum absolute atomic E-state index is 0.182. The Kier molecular flexibility index (Phi) is 6.29. The molecule has 102 valence electrons. The van der Waals surface area contributed by atoms with Gasteiger partial charge in [0.05, 0.1) is 6.61 Å². The molecule has 0 saturated heterocycles. The molecule has 0 bridgehead atoms. The molecule has 0 aliphatic heterocycles. The van der Waals surface area contributed by atoms with Crippen LogP contribution in [0.25, 0.3) is 0 Å². The van der Waals surface area contributed by atoms with E-state index in [0.717, 1.165) is 4.47 Å². The van der Waals surface area contributed by atoms with Crippen LogP contribution in [0.3, 0.4) is 0 Å². The van der Waals surface area contributed by atoms with Crippen molar-refractivity contribution in [2.45, 2.75) is 19.8 Å². The van der Waals surface area contributed by atoms with Crippen LogP contribution in [-0.4, -0.2) is 18.5 Å². The molecule has 0 saturated carbocycles. The molecule has 4 nitrogen and oxygen atoms in total. The Morgan fingerprint density at radius 2 is 1.89 bits per heavy atom. The zero-order chi connectivity index (χ0) is 14.3. The van der Waals surface area contributed by atoms with Gasteiger partial charge in [-0.1, -0.05) is 22.5 Å². The number of halogens is 1. The number of hydrogen-bond acceptors (Lipinski definition) is 4. The normalized spacial score (nSPS) is 9.79. The number of esters is 2. The first-order valence-electron chi connectivity index (χ1n) is 5.78. The molecule has 0 N–H and O–H groups in total. The molecule has 1 aromatic rings. The molecular weight excluding hydrogens is 312 g/mol. The van der Waals surface area contributed by atoms with Crippen LogP contribution >= 0.6 is 15.9 Å². The molecule has 0 aromatic heterocycles. The molecule has 0 heterocycles. The Hall–Kier alpha value is -1.62. The molecule has 0 amide bonds. The maximum absolute atomic E-state index is 11.5. The van der Waals surface area contributed by atoms with E-state index in [2.05, 4.69) is 22.5 Å². The molecule has 0 aliphatic rings. The summed E-state index contributed by atoms with van der Waals surface area (Å²) in [4.78, 5) is 22.6. The molecule has 0 atom stereocenters. The quantitative estimate of drug-likeness (QED) is 0.348. The van der Waals surface area contributed by atoms with Crippen LogP contribution in [0.4, 0.5) is 0 Å². The van der Waals surface area contributed by atoms with Crippen molar-refractivity contribution in [1.82, 2.24) is 0 Å². The van der Waals surface area contributed by atoms with Gasteiger partial charge in [0, 0.05) is 16.5 Å². The van der Waals surface area contributed by atoms with E-state index in [9.17, 15) is 9.59 Å². The van der Waals surface area contributed by atoms with Gasteiger partial charge in [0.15, 0.2) is 0 Å². The first-order valence-corrected chi connectivity index (χ1v) is 6.57. The molecule has 5 heteroatoms. The smallest absolute Gasteiger partial charge is 0.333 e. The van der Waals surface area contributed by atoms with E-state index in [1.54, 1.807) is 31.2 Å². The lowest BCUT2D eigenvalue weighted by Gasteiger charge is -2.05. The van der Waals surface area contributed by atoms with Gasteiger partial charge >= 0.3 is 11.9 Å². The SMILES string of the molecule is C=C(C)C(=O)OCCCC(=O)Oc1ccc(Br)cc1. The minimum atomic E-state index is -0.443. The topological polar surface area (TPSA) is 52.6 Å². The van der Waals surface area contributed by atoms with Gasteiger partial charge < -0.3 is 9.47 Å². The lowest BCUT2D eigenvalue weighted by molar-refractivity contribution is -0.141. The molecule has 0 unspecified atom stereocenters. The largest absolute Gasteiger partial charge is 0.462 e. The summed E-state index contributed by atoms with van der Waals surface area (Å²) in [5.41, 5.74) is 0.345. The molecule has 1 aromatic carbocycles. The second kappa shape index (κ2) is 7.74. The van der Waals surface area contributed by atoms with Crippen molar-refractivity contribution in [3.63, 3.8) is 0 Å². The van der Waals surface area contributed by atoms with Crippen LogP contribution in [0, 0.1) is 0 Å². The lowest BCUT2D eigenvalue weighted by Crippen LogP contribution is -2.11. The van der Waals surface area contributed by atoms with Crippen molar-refractivity contribution >= 4 is 27.9 Å². The van der Waals surface area contributed by atoms with E-state index in [1.807, 2.05) is 0 Å². The van der Waals surface area contributed by atoms with Crippen molar-refractivity contribution in [3.05, 3.63) is 40.9 Å². The summed E-state index contributed by atoms with van der Waals surface area (Å²) < 4.78 is 10.9. The highest BCUT2D eigenvalue weighted by Gasteiger charge is 2.07. The van der Waals surface area contributed by atoms with Crippen molar-refractivity contribution in [2.75, 3.05) is 6.61 Å². The third kappa shape index (κ3) is 6.20. The fraction of sp³-hybridized carbons (Fsp3) is 0.286. The van der Waals surface area contributed by atoms with Gasteiger partial charge in [-0.05, 0) is 37.6 Å². The third-order valence-electron chi connectivity index (χ3n) is 2.15. The number of rotatable bonds is 6. The molecule has 0 spiro atoms. The maximum atomic E-state index is 11.5. The summed E-state index contributed by atoms with van der Waals surface area (Å²) in [5.74, 6) is -0.304. The summed E-state index contributed by atoms with van der Waals surface area (Å²) in [6, 6.07) is 6.97. The fourth-order valence-corrected chi connectivity index (χ4v) is 1.45. The Balaban J connectivity index is 2.23. The Bertz CT molecular complexity index is 465. The van der Waals surface area contributed by atoms with Crippen LogP contribution < -0.4 is 4.74 Å². The van der Waals surface area contributed by atoms with E-state index in [-0.39, 0.29) is 19.0 Å². The van der Waals surface area contributed by atoms with E-state index in [1.165, 1.54) is 0 Å². The van der Waals surface area contributed by atoms with E-state index in [4.69, 9.17) is 9.47 Å². The minimum Gasteiger partial charge on any atom is -0.462 e. The second-order valence-electron chi connectivity index (χ2n) is 3.95. The number of hydrogen-bond donors (Lipinski definition) is 0. The van der Waals surface area contributed by atoms with Gasteiger partial charge in [-0.3, -0.25) is 4.79 Å². The standard InChI is InChI=1S/C14H15BrO4/c1-10(2)14(17)18-9-3-4-13(16)19-12-7-5-11(15)6-8-12/h5-8H,1,3-4,9H2,2H3. The van der Waals surface area contributed by atoms with Crippen LogP contribution in [0.1, 0.15) is 19.8 Å². The molecule has 0 radical (unpaired) electrons. The van der Waals surface area contributed by atoms with Crippen LogP contribution in [0.2, 0.25) is 0 Å². The van der Waals surface area contributed by atoms with Crippen molar-refractivity contribution in [2.24, 2.45) is 0 Å². The Morgan fingerprint density at radius 1 is 1.26 bits per heavy atom. The first kappa shape index (κ1) is 15.4. The highest BCUT2D eigenvalue weighted by Crippen LogP contribution is 2.16. The predicted octanol–water partition coefficient (Wildman–Crippen LogP) is 3.25. The molecule has 1 rings (SSSR count). The van der Waals surface area contributed by atoms with E-state index in [0.29, 0.717) is 17.7 Å².